The van der Waals surface area contributed by atoms with E-state index in [1.54, 1.807) is 13.8 Å². The average Bonchev–Trinajstić information content (AvgIpc) is 2.90. The molecule has 11 heteroatoms. The minimum atomic E-state index is -3.99. The van der Waals surface area contributed by atoms with Gasteiger partial charge in [-0.1, -0.05) is 19.8 Å². The molecule has 0 aliphatic carbocycles. The number of nitrogens with zero attached hydrogens (tertiary/aromatic N) is 1. The maximum Gasteiger partial charge on any atom is 0.331 e. The Bertz CT molecular complexity index is 842. The van der Waals surface area contributed by atoms with Crippen LogP contribution in [-0.4, -0.2) is 58.7 Å². The largest absolute Gasteiger partial charge is 0.382 e. The summed E-state index contributed by atoms with van der Waals surface area (Å²) in [4.78, 5) is 35.8. The zero-order valence-electron chi connectivity index (χ0n) is 15.2. The van der Waals surface area contributed by atoms with E-state index in [1.807, 2.05) is 0 Å². The molecular formula is C16H23N2O8P. The standard InChI is InChI=1S/C16H23N2O8P/c1-5-8-24-14-13(26-27(21,22)10(2)3)11(9-23-4)25-15(14)18-7-6-12(19)17-16(18)20/h1,6-7,10-11,13-15H,8-9H2,2-4H3,(H,21,22)(H,17,19,20)/t11-,13?,14?,15-/m1/s1. The predicted molar refractivity (Wildman–Crippen MR) is 95.5 cm³/mol. The Morgan fingerprint density at radius 3 is 2.70 bits per heavy atom. The molecule has 1 aromatic heterocycles. The van der Waals surface area contributed by atoms with Crippen LogP contribution in [0.15, 0.2) is 21.9 Å². The lowest BCUT2D eigenvalue weighted by Gasteiger charge is -2.27. The first-order chi connectivity index (χ1) is 12.7. The average molecular weight is 402 g/mol. The van der Waals surface area contributed by atoms with Crippen molar-refractivity contribution in [3.8, 4) is 12.3 Å². The number of terminal acetylenes is 1. The van der Waals surface area contributed by atoms with Crippen molar-refractivity contribution < 1.29 is 28.2 Å². The minimum Gasteiger partial charge on any atom is -0.382 e. The van der Waals surface area contributed by atoms with Gasteiger partial charge in [0.25, 0.3) is 5.56 Å². The van der Waals surface area contributed by atoms with E-state index in [4.69, 9.17) is 25.2 Å². The van der Waals surface area contributed by atoms with Crippen LogP contribution in [0.5, 0.6) is 0 Å². The summed E-state index contributed by atoms with van der Waals surface area (Å²) < 4.78 is 35.5. The highest BCUT2D eigenvalue weighted by Crippen LogP contribution is 2.51. The van der Waals surface area contributed by atoms with Crippen molar-refractivity contribution in [1.29, 1.82) is 0 Å². The molecular weight excluding hydrogens is 379 g/mol. The van der Waals surface area contributed by atoms with Gasteiger partial charge in [-0.3, -0.25) is 23.4 Å². The van der Waals surface area contributed by atoms with Gasteiger partial charge in [0.15, 0.2) is 6.23 Å². The second kappa shape index (κ2) is 8.97. The number of nitrogens with one attached hydrogen (secondary N) is 1. The van der Waals surface area contributed by atoms with E-state index in [2.05, 4.69) is 10.9 Å². The number of aromatic amines is 1. The van der Waals surface area contributed by atoms with Gasteiger partial charge in [-0.05, 0) is 0 Å². The van der Waals surface area contributed by atoms with E-state index in [0.717, 1.165) is 10.6 Å². The highest BCUT2D eigenvalue weighted by atomic mass is 31.2. The lowest BCUT2D eigenvalue weighted by molar-refractivity contribution is -0.0710. The van der Waals surface area contributed by atoms with Gasteiger partial charge in [-0.15, -0.1) is 6.42 Å². The molecule has 27 heavy (non-hydrogen) atoms. The second-order valence-corrected chi connectivity index (χ2v) is 8.62. The quantitative estimate of drug-likeness (QED) is 0.462. The normalized spacial score (nSPS) is 27.4. The first-order valence-electron chi connectivity index (χ1n) is 8.23. The molecule has 0 amide bonds. The van der Waals surface area contributed by atoms with Crippen molar-refractivity contribution in [2.24, 2.45) is 0 Å². The highest BCUT2D eigenvalue weighted by molar-refractivity contribution is 7.53. The van der Waals surface area contributed by atoms with Crippen LogP contribution in [0.25, 0.3) is 0 Å². The molecule has 1 saturated heterocycles. The van der Waals surface area contributed by atoms with Crippen LogP contribution in [-0.2, 0) is 23.3 Å². The number of hydrogen-bond donors (Lipinski definition) is 2. The molecule has 0 saturated carbocycles. The summed E-state index contributed by atoms with van der Waals surface area (Å²) in [6.45, 7) is 2.97. The van der Waals surface area contributed by atoms with Gasteiger partial charge >= 0.3 is 13.3 Å². The number of rotatable bonds is 8. The van der Waals surface area contributed by atoms with Crippen molar-refractivity contribution >= 4 is 7.60 Å². The topological polar surface area (TPSA) is 129 Å². The van der Waals surface area contributed by atoms with Crippen LogP contribution in [0.3, 0.4) is 0 Å². The van der Waals surface area contributed by atoms with Crippen LogP contribution in [0.4, 0.5) is 0 Å². The molecule has 5 atom stereocenters. The Morgan fingerprint density at radius 2 is 2.15 bits per heavy atom. The van der Waals surface area contributed by atoms with E-state index in [-0.39, 0.29) is 13.2 Å². The monoisotopic (exact) mass is 402 g/mol. The van der Waals surface area contributed by atoms with E-state index in [9.17, 15) is 19.0 Å². The van der Waals surface area contributed by atoms with Gasteiger partial charge in [0, 0.05) is 19.4 Å². The highest BCUT2D eigenvalue weighted by Gasteiger charge is 2.50. The first kappa shape index (κ1) is 21.6. The Hall–Kier alpha value is -1.73. The third-order valence-corrected chi connectivity index (χ3v) is 5.88. The molecule has 3 unspecified atom stereocenters. The molecule has 150 valence electrons. The molecule has 2 N–H and O–H groups in total. The SMILES string of the molecule is C#CCOC1C(OP(=O)(O)C(C)C)[C@@H](COC)O[C@H]1n1ccc(=O)[nH]c1=O. The van der Waals surface area contributed by atoms with E-state index < -0.39 is 49.0 Å². The van der Waals surface area contributed by atoms with Gasteiger partial charge in [-0.2, -0.15) is 0 Å². The summed E-state index contributed by atoms with van der Waals surface area (Å²) in [5.74, 6) is 2.30. The van der Waals surface area contributed by atoms with E-state index >= 15 is 0 Å². The summed E-state index contributed by atoms with van der Waals surface area (Å²) in [6.07, 6.45) is 2.64. The summed E-state index contributed by atoms with van der Waals surface area (Å²) in [5, 5.41) is 0. The fourth-order valence-corrected chi connectivity index (χ4v) is 3.45. The fourth-order valence-electron chi connectivity index (χ4n) is 2.60. The summed E-state index contributed by atoms with van der Waals surface area (Å²) >= 11 is 0. The van der Waals surface area contributed by atoms with Gasteiger partial charge in [0.1, 0.15) is 24.9 Å². The lowest BCUT2D eigenvalue weighted by Crippen LogP contribution is -2.40. The molecule has 1 fully saturated rings. The van der Waals surface area contributed by atoms with Crippen molar-refractivity contribution in [3.05, 3.63) is 33.1 Å². The van der Waals surface area contributed by atoms with Crippen LogP contribution in [0.1, 0.15) is 20.1 Å². The Labute approximate surface area is 155 Å². The fraction of sp³-hybridized carbons (Fsp3) is 0.625. The van der Waals surface area contributed by atoms with Crippen LogP contribution < -0.4 is 11.2 Å². The third-order valence-electron chi connectivity index (χ3n) is 4.03. The van der Waals surface area contributed by atoms with Crippen molar-refractivity contribution in [2.45, 2.75) is 44.0 Å². The number of methoxy groups -OCH3 is 1. The molecule has 0 bridgehead atoms. The van der Waals surface area contributed by atoms with Gasteiger partial charge in [0.2, 0.25) is 0 Å². The Kier molecular flexibility index (Phi) is 7.17. The maximum absolute atomic E-state index is 12.4. The second-order valence-electron chi connectivity index (χ2n) is 6.25. The Morgan fingerprint density at radius 1 is 1.44 bits per heavy atom. The van der Waals surface area contributed by atoms with Crippen molar-refractivity contribution in [3.63, 3.8) is 0 Å². The molecule has 0 radical (unpaired) electrons. The number of hydrogen-bond acceptors (Lipinski definition) is 7. The van der Waals surface area contributed by atoms with E-state index in [1.165, 1.54) is 13.3 Å². The summed E-state index contributed by atoms with van der Waals surface area (Å²) in [6, 6.07) is 1.15. The zero-order valence-corrected chi connectivity index (χ0v) is 16.1. The summed E-state index contributed by atoms with van der Waals surface area (Å²) in [5.41, 5.74) is -1.96. The van der Waals surface area contributed by atoms with E-state index in [0.29, 0.717) is 0 Å². The van der Waals surface area contributed by atoms with Crippen LogP contribution >= 0.6 is 7.60 Å². The molecule has 2 heterocycles. The molecule has 0 spiro atoms. The molecule has 0 aromatic carbocycles. The van der Waals surface area contributed by atoms with Gasteiger partial charge in [-0.25, -0.2) is 4.79 Å². The van der Waals surface area contributed by atoms with Gasteiger partial charge < -0.3 is 19.1 Å². The number of ether oxygens (including phenoxy) is 3. The third kappa shape index (κ3) is 4.96. The van der Waals surface area contributed by atoms with Crippen LogP contribution in [0.2, 0.25) is 0 Å². The molecule has 1 aromatic rings. The molecule has 10 nitrogen and oxygen atoms in total. The predicted octanol–water partition coefficient (Wildman–Crippen LogP) is 0.0778. The molecule has 2 rings (SSSR count). The maximum atomic E-state index is 12.4. The molecule has 1 aliphatic heterocycles. The number of aromatic nitrogens is 2. The minimum absolute atomic E-state index is 0.0211. The first-order valence-corrected chi connectivity index (χ1v) is 9.87. The molecule has 1 aliphatic rings. The van der Waals surface area contributed by atoms with Crippen molar-refractivity contribution in [1.82, 2.24) is 9.55 Å². The lowest BCUT2D eigenvalue weighted by atomic mass is 10.1. The van der Waals surface area contributed by atoms with Crippen LogP contribution in [0, 0.1) is 12.3 Å². The van der Waals surface area contributed by atoms with Gasteiger partial charge in [0.05, 0.1) is 12.3 Å². The van der Waals surface area contributed by atoms with Crippen molar-refractivity contribution in [2.75, 3.05) is 20.3 Å². The smallest absolute Gasteiger partial charge is 0.331 e. The zero-order chi connectivity index (χ0) is 20.2. The summed E-state index contributed by atoms with van der Waals surface area (Å²) in [7, 11) is -2.57. The Balaban J connectivity index is 2.44. The number of H-pyrrole nitrogens is 1.